The summed E-state index contributed by atoms with van der Waals surface area (Å²) < 4.78 is 6.65. The molecule has 1 aromatic heterocycles. The zero-order chi connectivity index (χ0) is 34.4. The maximum Gasteiger partial charge on any atom is 0.143 e. The van der Waals surface area contributed by atoms with E-state index in [0.717, 1.165) is 55.5 Å². The molecule has 0 aliphatic rings. The Labute approximate surface area is 302 Å². The van der Waals surface area contributed by atoms with Crippen molar-refractivity contribution in [3.05, 3.63) is 200 Å². The van der Waals surface area contributed by atoms with Crippen LogP contribution in [0.25, 0.3) is 76.9 Å². The average Bonchev–Trinajstić information content (AvgIpc) is 3.61. The lowest BCUT2D eigenvalue weighted by molar-refractivity contribution is 0.673. The average molecular weight is 664 g/mol. The van der Waals surface area contributed by atoms with Gasteiger partial charge < -0.3 is 9.32 Å². The van der Waals surface area contributed by atoms with Crippen LogP contribution >= 0.6 is 0 Å². The van der Waals surface area contributed by atoms with Crippen LogP contribution in [0.1, 0.15) is 0 Å². The second kappa shape index (κ2) is 12.5. The van der Waals surface area contributed by atoms with Crippen LogP contribution < -0.4 is 4.90 Å². The fourth-order valence-corrected chi connectivity index (χ4v) is 7.85. The predicted molar refractivity (Wildman–Crippen MR) is 220 cm³/mol. The van der Waals surface area contributed by atoms with E-state index in [9.17, 15) is 0 Å². The molecule has 0 unspecified atom stereocenters. The Morgan fingerprint density at radius 2 is 0.923 bits per heavy atom. The maximum absolute atomic E-state index is 6.65. The first-order chi connectivity index (χ1) is 25.8. The van der Waals surface area contributed by atoms with Crippen LogP contribution in [0, 0.1) is 0 Å². The number of furan rings is 1. The van der Waals surface area contributed by atoms with E-state index in [4.69, 9.17) is 4.42 Å². The number of fused-ring (bicyclic) bond motifs is 6. The number of nitrogens with zero attached hydrogens (tertiary/aromatic N) is 1. The van der Waals surface area contributed by atoms with Gasteiger partial charge in [-0.25, -0.2) is 0 Å². The number of para-hydroxylation sites is 1. The quantitative estimate of drug-likeness (QED) is 0.176. The molecule has 0 atom stereocenters. The minimum atomic E-state index is 0.884. The topological polar surface area (TPSA) is 16.4 Å². The molecular formula is C50H33NO. The van der Waals surface area contributed by atoms with Crippen LogP contribution in [-0.2, 0) is 0 Å². The highest BCUT2D eigenvalue weighted by Gasteiger charge is 2.21. The van der Waals surface area contributed by atoms with Gasteiger partial charge in [-0.15, -0.1) is 0 Å². The first-order valence-electron chi connectivity index (χ1n) is 17.8. The zero-order valence-electron chi connectivity index (χ0n) is 28.4. The Morgan fingerprint density at radius 1 is 0.346 bits per heavy atom. The van der Waals surface area contributed by atoms with Crippen LogP contribution in [0.15, 0.2) is 205 Å². The smallest absolute Gasteiger partial charge is 0.143 e. The third-order valence-corrected chi connectivity index (χ3v) is 10.2. The molecule has 0 saturated carbocycles. The van der Waals surface area contributed by atoms with E-state index in [0.29, 0.717) is 0 Å². The van der Waals surface area contributed by atoms with Crippen LogP contribution in [-0.4, -0.2) is 0 Å². The van der Waals surface area contributed by atoms with Crippen molar-refractivity contribution in [1.29, 1.82) is 0 Å². The van der Waals surface area contributed by atoms with Crippen molar-refractivity contribution < 1.29 is 4.42 Å². The third-order valence-electron chi connectivity index (χ3n) is 10.2. The molecule has 244 valence electrons. The Bertz CT molecular complexity index is 2910. The molecule has 0 bridgehead atoms. The summed E-state index contributed by atoms with van der Waals surface area (Å²) >= 11 is 0. The highest BCUT2D eigenvalue weighted by atomic mass is 16.3. The van der Waals surface area contributed by atoms with E-state index in [1.54, 1.807) is 0 Å². The number of hydrogen-bond donors (Lipinski definition) is 0. The lowest BCUT2D eigenvalue weighted by Gasteiger charge is -2.29. The maximum atomic E-state index is 6.65. The van der Waals surface area contributed by atoms with Crippen molar-refractivity contribution in [2.45, 2.75) is 0 Å². The fourth-order valence-electron chi connectivity index (χ4n) is 7.85. The minimum Gasteiger partial charge on any atom is -0.455 e. The van der Waals surface area contributed by atoms with Crippen LogP contribution in [0.3, 0.4) is 0 Å². The van der Waals surface area contributed by atoms with Gasteiger partial charge in [0.15, 0.2) is 0 Å². The normalized spacial score (nSPS) is 11.5. The Morgan fingerprint density at radius 3 is 1.77 bits per heavy atom. The van der Waals surface area contributed by atoms with Gasteiger partial charge in [0, 0.05) is 33.1 Å². The molecule has 0 fully saturated rings. The van der Waals surface area contributed by atoms with E-state index in [1.165, 1.54) is 38.4 Å². The van der Waals surface area contributed by atoms with Crippen molar-refractivity contribution in [1.82, 2.24) is 0 Å². The Kier molecular flexibility index (Phi) is 7.18. The van der Waals surface area contributed by atoms with Crippen molar-refractivity contribution in [2.75, 3.05) is 4.90 Å². The molecule has 52 heavy (non-hydrogen) atoms. The molecule has 0 amide bonds. The molecule has 10 rings (SSSR count). The highest BCUT2D eigenvalue weighted by Crippen LogP contribution is 2.46. The lowest BCUT2D eigenvalue weighted by atomic mass is 9.95. The van der Waals surface area contributed by atoms with E-state index in [2.05, 4.69) is 205 Å². The molecule has 1 heterocycles. The van der Waals surface area contributed by atoms with Gasteiger partial charge in [0.1, 0.15) is 11.2 Å². The second-order valence-electron chi connectivity index (χ2n) is 13.3. The number of anilines is 3. The first-order valence-corrected chi connectivity index (χ1v) is 17.8. The highest BCUT2D eigenvalue weighted by molar-refractivity contribution is 6.19. The Balaban J connectivity index is 1.22. The van der Waals surface area contributed by atoms with Gasteiger partial charge in [0.05, 0.1) is 5.69 Å². The van der Waals surface area contributed by atoms with Gasteiger partial charge in [0.2, 0.25) is 0 Å². The number of rotatable bonds is 6. The summed E-state index contributed by atoms with van der Waals surface area (Å²) in [5, 5.41) is 7.02. The molecule has 2 heteroatoms. The van der Waals surface area contributed by atoms with Crippen LogP contribution in [0.4, 0.5) is 17.1 Å². The van der Waals surface area contributed by atoms with Crippen LogP contribution in [0.2, 0.25) is 0 Å². The number of hydrogen-bond acceptors (Lipinski definition) is 2. The van der Waals surface area contributed by atoms with Crippen molar-refractivity contribution in [3.8, 4) is 33.4 Å². The fraction of sp³-hybridized carbons (Fsp3) is 0. The summed E-state index contributed by atoms with van der Waals surface area (Å²) in [4.78, 5) is 2.41. The van der Waals surface area contributed by atoms with Gasteiger partial charge in [-0.1, -0.05) is 158 Å². The predicted octanol–water partition coefficient (Wildman–Crippen LogP) is 14.4. The van der Waals surface area contributed by atoms with Crippen LogP contribution in [0.5, 0.6) is 0 Å². The summed E-state index contributed by atoms with van der Waals surface area (Å²) in [7, 11) is 0. The molecule has 0 spiro atoms. The van der Waals surface area contributed by atoms with Gasteiger partial charge in [0.25, 0.3) is 0 Å². The number of benzene rings is 9. The second-order valence-corrected chi connectivity index (χ2v) is 13.3. The Hall–Kier alpha value is -6.90. The molecule has 0 saturated heterocycles. The summed E-state index contributed by atoms with van der Waals surface area (Å²) in [6, 6.07) is 71.7. The van der Waals surface area contributed by atoms with Gasteiger partial charge in [-0.2, -0.15) is 0 Å². The van der Waals surface area contributed by atoms with Crippen molar-refractivity contribution >= 4 is 60.5 Å². The van der Waals surface area contributed by atoms with E-state index >= 15 is 0 Å². The molecule has 2 nitrogen and oxygen atoms in total. The molecule has 0 aliphatic heterocycles. The molecule has 10 aromatic rings. The summed E-state index contributed by atoms with van der Waals surface area (Å²) in [6.07, 6.45) is 0. The van der Waals surface area contributed by atoms with Gasteiger partial charge in [-0.05, 0) is 86.4 Å². The molecular weight excluding hydrogens is 631 g/mol. The SMILES string of the molecule is c1ccc(-c2cccc(N(c3cccc(-c4cccc5ccccc45)c3)c3ccccc3-c3cccc4oc5c6ccccc6ccc5c34)c2)cc1. The van der Waals surface area contributed by atoms with Crippen molar-refractivity contribution in [3.63, 3.8) is 0 Å². The molecule has 9 aromatic carbocycles. The zero-order valence-corrected chi connectivity index (χ0v) is 28.4. The summed E-state index contributed by atoms with van der Waals surface area (Å²) in [5.41, 5.74) is 12.1. The molecule has 0 aliphatic carbocycles. The van der Waals surface area contributed by atoms with E-state index in [1.807, 2.05) is 0 Å². The standard InChI is InChI=1S/C50H33NO/c1-2-14-34(15-3-1)37-19-10-21-39(32-37)51(40-22-11-20-38(33-40)42-26-12-18-35-16-4-6-23-41(35)42)47-28-9-8-25-44(47)45-27-13-29-48-49(45)46-31-30-36-17-5-7-24-43(36)50(46)52-48/h1-33H. The summed E-state index contributed by atoms with van der Waals surface area (Å²) in [6.45, 7) is 0. The third kappa shape index (κ3) is 5.04. The van der Waals surface area contributed by atoms with E-state index in [-0.39, 0.29) is 0 Å². The largest absolute Gasteiger partial charge is 0.455 e. The minimum absolute atomic E-state index is 0.884. The first kappa shape index (κ1) is 30.0. The molecule has 0 N–H and O–H groups in total. The van der Waals surface area contributed by atoms with Crippen molar-refractivity contribution in [2.24, 2.45) is 0 Å². The monoisotopic (exact) mass is 663 g/mol. The van der Waals surface area contributed by atoms with E-state index < -0.39 is 0 Å². The summed E-state index contributed by atoms with van der Waals surface area (Å²) in [5.74, 6) is 0. The van der Waals surface area contributed by atoms with Gasteiger partial charge in [-0.3, -0.25) is 0 Å². The lowest BCUT2D eigenvalue weighted by Crippen LogP contribution is -2.11. The molecule has 0 radical (unpaired) electrons. The van der Waals surface area contributed by atoms with Gasteiger partial charge >= 0.3 is 0 Å².